The van der Waals surface area contributed by atoms with E-state index in [2.05, 4.69) is 0 Å². The minimum absolute atomic E-state index is 0.215. The Labute approximate surface area is 144 Å². The summed E-state index contributed by atoms with van der Waals surface area (Å²) in [6.07, 6.45) is 0.740. The number of carboxylic acid groups (broad SMARTS) is 2. The summed E-state index contributed by atoms with van der Waals surface area (Å²) in [5, 5.41) is 17.9. The topological polar surface area (TPSA) is 93.1 Å². The number of carboxylic acids is 2. The van der Waals surface area contributed by atoms with Crippen molar-refractivity contribution in [3.05, 3.63) is 65.2 Å². The summed E-state index contributed by atoms with van der Waals surface area (Å²) in [5.41, 5.74) is 1.30. The van der Waals surface area contributed by atoms with E-state index < -0.39 is 18.4 Å². The molecule has 2 N–H and O–H groups in total. The molecular weight excluding hydrogens is 324 g/mol. The van der Waals surface area contributed by atoms with Crippen LogP contribution in [0.4, 0.5) is 0 Å². The number of benzene rings is 2. The van der Waals surface area contributed by atoms with Crippen molar-refractivity contribution in [2.45, 2.75) is 13.0 Å². The maximum Gasteiger partial charge on any atom is 0.332 e. The molecule has 130 valence electrons. The second-order valence-corrected chi connectivity index (χ2v) is 5.23. The number of rotatable bonds is 8. The highest BCUT2D eigenvalue weighted by Gasteiger charge is 2.13. The molecule has 2 rings (SSSR count). The highest BCUT2D eigenvalue weighted by atomic mass is 16.5. The van der Waals surface area contributed by atoms with Crippen LogP contribution in [0.5, 0.6) is 11.5 Å². The molecule has 0 heterocycles. The van der Waals surface area contributed by atoms with Gasteiger partial charge in [0.2, 0.25) is 0 Å². The molecule has 2 aromatic carbocycles. The van der Waals surface area contributed by atoms with Gasteiger partial charge in [-0.2, -0.15) is 0 Å². The number of hydrogen-bond acceptors (Lipinski definition) is 4. The van der Waals surface area contributed by atoms with Crippen LogP contribution in [0, 0.1) is 0 Å². The molecule has 2 aromatic rings. The highest BCUT2D eigenvalue weighted by molar-refractivity contribution is 5.96. The van der Waals surface area contributed by atoms with E-state index in [1.54, 1.807) is 18.2 Å². The SMILES string of the molecule is COc1cc(/C=C(\CC(=O)O)C(=O)O)ccc1OCc1ccccc1. The number of methoxy groups -OCH3 is 1. The number of ether oxygens (including phenoxy) is 2. The Kier molecular flexibility index (Phi) is 6.17. The Morgan fingerprint density at radius 2 is 1.76 bits per heavy atom. The average molecular weight is 342 g/mol. The molecule has 0 amide bonds. The van der Waals surface area contributed by atoms with Crippen LogP contribution in [0.2, 0.25) is 0 Å². The van der Waals surface area contributed by atoms with Crippen molar-refractivity contribution in [1.29, 1.82) is 0 Å². The summed E-state index contributed by atoms with van der Waals surface area (Å²) in [5.74, 6) is -1.53. The van der Waals surface area contributed by atoms with Crippen molar-refractivity contribution < 1.29 is 29.3 Å². The standard InChI is InChI=1S/C19H18O6/c1-24-17-10-14(9-15(19(22)23)11-18(20)21)7-8-16(17)25-12-13-5-3-2-4-6-13/h2-10H,11-12H2,1H3,(H,20,21)(H,22,23)/b15-9+. The van der Waals surface area contributed by atoms with Crippen molar-refractivity contribution in [3.63, 3.8) is 0 Å². The Morgan fingerprint density at radius 1 is 1.04 bits per heavy atom. The Balaban J connectivity index is 2.20. The maximum atomic E-state index is 11.1. The lowest BCUT2D eigenvalue weighted by Crippen LogP contribution is -2.06. The summed E-state index contributed by atoms with van der Waals surface area (Å²) in [4.78, 5) is 21.9. The second kappa shape index (κ2) is 8.54. The van der Waals surface area contributed by atoms with Crippen LogP contribution in [-0.4, -0.2) is 29.3 Å². The molecule has 0 fully saturated rings. The predicted octanol–water partition coefficient (Wildman–Crippen LogP) is 3.22. The quantitative estimate of drug-likeness (QED) is 0.716. The molecular formula is C19H18O6. The minimum Gasteiger partial charge on any atom is -0.493 e. The first-order valence-electron chi connectivity index (χ1n) is 7.50. The van der Waals surface area contributed by atoms with Gasteiger partial charge in [-0.15, -0.1) is 0 Å². The van der Waals surface area contributed by atoms with Gasteiger partial charge in [0, 0.05) is 5.57 Å². The molecule has 25 heavy (non-hydrogen) atoms. The van der Waals surface area contributed by atoms with Crippen molar-refractivity contribution in [1.82, 2.24) is 0 Å². The fraction of sp³-hybridized carbons (Fsp3) is 0.158. The zero-order valence-corrected chi connectivity index (χ0v) is 13.6. The number of carbonyl (C=O) groups is 2. The zero-order valence-electron chi connectivity index (χ0n) is 13.6. The lowest BCUT2D eigenvalue weighted by atomic mass is 10.1. The van der Waals surface area contributed by atoms with Gasteiger partial charge >= 0.3 is 11.9 Å². The molecule has 0 aliphatic heterocycles. The Morgan fingerprint density at radius 3 is 2.36 bits per heavy atom. The molecule has 0 atom stereocenters. The first-order chi connectivity index (χ1) is 12.0. The zero-order chi connectivity index (χ0) is 18.2. The fourth-order valence-electron chi connectivity index (χ4n) is 2.18. The molecule has 0 saturated heterocycles. The van der Waals surface area contributed by atoms with Crippen LogP contribution in [0.1, 0.15) is 17.5 Å². The highest BCUT2D eigenvalue weighted by Crippen LogP contribution is 2.30. The van der Waals surface area contributed by atoms with E-state index in [9.17, 15) is 9.59 Å². The van der Waals surface area contributed by atoms with Crippen LogP contribution in [0.15, 0.2) is 54.1 Å². The summed E-state index contributed by atoms with van der Waals surface area (Å²) >= 11 is 0. The molecule has 0 bridgehead atoms. The van der Waals surface area contributed by atoms with E-state index in [1.807, 2.05) is 30.3 Å². The van der Waals surface area contributed by atoms with E-state index >= 15 is 0 Å². The second-order valence-electron chi connectivity index (χ2n) is 5.23. The van der Waals surface area contributed by atoms with Crippen molar-refractivity contribution in [3.8, 4) is 11.5 Å². The third-order valence-corrected chi connectivity index (χ3v) is 3.38. The third kappa shape index (κ3) is 5.39. The van der Waals surface area contributed by atoms with Crippen molar-refractivity contribution in [2.75, 3.05) is 7.11 Å². The van der Waals surface area contributed by atoms with E-state index in [0.717, 1.165) is 5.56 Å². The normalized spacial score (nSPS) is 11.0. The first kappa shape index (κ1) is 18.1. The maximum absolute atomic E-state index is 11.1. The van der Waals surface area contributed by atoms with E-state index in [1.165, 1.54) is 13.2 Å². The molecule has 0 unspecified atom stereocenters. The van der Waals surface area contributed by atoms with Gasteiger partial charge in [0.15, 0.2) is 11.5 Å². The molecule has 0 spiro atoms. The van der Waals surface area contributed by atoms with Crippen LogP contribution >= 0.6 is 0 Å². The van der Waals surface area contributed by atoms with Crippen LogP contribution in [0.3, 0.4) is 0 Å². The first-order valence-corrected chi connectivity index (χ1v) is 7.50. The van der Waals surface area contributed by atoms with Gasteiger partial charge in [-0.05, 0) is 29.3 Å². The van der Waals surface area contributed by atoms with Crippen molar-refractivity contribution >= 4 is 18.0 Å². The van der Waals surface area contributed by atoms with Gasteiger partial charge in [0.05, 0.1) is 13.5 Å². The van der Waals surface area contributed by atoms with Gasteiger partial charge in [-0.25, -0.2) is 4.79 Å². The Hall–Kier alpha value is -3.28. The summed E-state index contributed by atoms with van der Waals surface area (Å²) in [6.45, 7) is 0.367. The number of aliphatic carboxylic acids is 2. The van der Waals surface area contributed by atoms with Gasteiger partial charge in [-0.3, -0.25) is 4.79 Å². The van der Waals surface area contributed by atoms with Crippen LogP contribution in [0.25, 0.3) is 6.08 Å². The molecule has 6 heteroatoms. The third-order valence-electron chi connectivity index (χ3n) is 3.38. The minimum atomic E-state index is -1.27. The molecule has 0 radical (unpaired) electrons. The largest absolute Gasteiger partial charge is 0.493 e. The fourth-order valence-corrected chi connectivity index (χ4v) is 2.18. The van der Waals surface area contributed by atoms with E-state index in [-0.39, 0.29) is 5.57 Å². The molecule has 0 aliphatic rings. The summed E-state index contributed by atoms with van der Waals surface area (Å²) in [7, 11) is 1.48. The van der Waals surface area contributed by atoms with Gasteiger partial charge in [0.1, 0.15) is 6.61 Å². The van der Waals surface area contributed by atoms with E-state index in [0.29, 0.717) is 23.7 Å². The van der Waals surface area contributed by atoms with Crippen LogP contribution in [-0.2, 0) is 16.2 Å². The monoisotopic (exact) mass is 342 g/mol. The summed E-state index contributed by atoms with van der Waals surface area (Å²) in [6, 6.07) is 14.5. The van der Waals surface area contributed by atoms with Gasteiger partial charge in [-0.1, -0.05) is 36.4 Å². The molecule has 0 saturated carbocycles. The smallest absolute Gasteiger partial charge is 0.332 e. The molecule has 6 nitrogen and oxygen atoms in total. The van der Waals surface area contributed by atoms with Crippen molar-refractivity contribution in [2.24, 2.45) is 0 Å². The molecule has 0 aliphatic carbocycles. The molecule has 0 aromatic heterocycles. The van der Waals surface area contributed by atoms with Gasteiger partial charge in [0.25, 0.3) is 0 Å². The summed E-state index contributed by atoms with van der Waals surface area (Å²) < 4.78 is 11.0. The lowest BCUT2D eigenvalue weighted by Gasteiger charge is -2.11. The van der Waals surface area contributed by atoms with Gasteiger partial charge < -0.3 is 19.7 Å². The Bertz CT molecular complexity index is 780. The average Bonchev–Trinajstić information content (AvgIpc) is 2.60. The number of hydrogen-bond donors (Lipinski definition) is 2. The van der Waals surface area contributed by atoms with Crippen LogP contribution < -0.4 is 9.47 Å². The van der Waals surface area contributed by atoms with E-state index in [4.69, 9.17) is 19.7 Å². The predicted molar refractivity (Wildman–Crippen MR) is 91.6 cm³/mol. The lowest BCUT2D eigenvalue weighted by molar-refractivity contribution is -0.139.